The molecule has 0 radical (unpaired) electrons. The van der Waals surface area contributed by atoms with Gasteiger partial charge in [0.05, 0.1) is 10.9 Å². The molecule has 3 aromatic carbocycles. The van der Waals surface area contributed by atoms with Crippen molar-refractivity contribution in [3.8, 4) is 22.3 Å². The standard InChI is InChI=1S/C30H24N2P.2C4H9.Pt/c1-23-20-27(24-12-4-2-5-13-24)28(25-14-6-3-7-15-25)21-26(23)22-33(29-16-8-10-18-31-29)30-17-9-11-19-32-30;2*1-3-4-2;/h2-21H,1,22H2;2*1,3-4H2,2H3;/q3*-1;. The number of pyridine rings is 2. The number of benzene rings is 3. The van der Waals surface area contributed by atoms with E-state index in [9.17, 15) is 0 Å². The number of hydrogen-bond acceptors (Lipinski definition) is 2. The summed E-state index contributed by atoms with van der Waals surface area (Å²) in [7, 11) is -0.751. The SMILES string of the molecule is [CH2-]CCC.[CH2-]CCC.[CH2-]c1cc(-c2ccccc2)c(-c2ccccc2)cc1CP(c1ccccn1)c1ccccn1.[Pt]. The topological polar surface area (TPSA) is 25.8 Å². The van der Waals surface area contributed by atoms with Crippen LogP contribution in [0.5, 0.6) is 0 Å². The first-order valence-electron chi connectivity index (χ1n) is 14.4. The van der Waals surface area contributed by atoms with Gasteiger partial charge in [0.2, 0.25) is 0 Å². The van der Waals surface area contributed by atoms with Gasteiger partial charge in [-0.2, -0.15) is 31.4 Å². The van der Waals surface area contributed by atoms with Crippen molar-refractivity contribution in [1.82, 2.24) is 9.97 Å². The zero-order chi connectivity index (χ0) is 29.3. The third-order valence-electron chi connectivity index (χ3n) is 6.40. The molecule has 5 rings (SSSR count). The second kappa shape index (κ2) is 20.0. The Labute approximate surface area is 270 Å². The third-order valence-corrected chi connectivity index (χ3v) is 8.69. The maximum atomic E-state index is 4.70. The van der Waals surface area contributed by atoms with Crippen LogP contribution in [0.25, 0.3) is 22.3 Å². The van der Waals surface area contributed by atoms with Crippen molar-refractivity contribution in [2.24, 2.45) is 0 Å². The molecule has 0 unspecified atom stereocenters. The van der Waals surface area contributed by atoms with Gasteiger partial charge in [-0.25, -0.2) is 0 Å². The van der Waals surface area contributed by atoms with Crippen molar-refractivity contribution >= 4 is 18.8 Å². The minimum absolute atomic E-state index is 0. The van der Waals surface area contributed by atoms with Gasteiger partial charge >= 0.3 is 0 Å². The van der Waals surface area contributed by atoms with Crippen LogP contribution in [0.1, 0.15) is 50.7 Å². The minimum atomic E-state index is -0.751. The molecular weight excluding hydrogens is 710 g/mol. The second-order valence-electron chi connectivity index (χ2n) is 9.57. The summed E-state index contributed by atoms with van der Waals surface area (Å²) in [4.78, 5) is 9.39. The molecule has 0 aliphatic carbocycles. The Morgan fingerprint density at radius 1 is 0.595 bits per heavy atom. The van der Waals surface area contributed by atoms with E-state index >= 15 is 0 Å². The summed E-state index contributed by atoms with van der Waals surface area (Å²) < 4.78 is 0. The van der Waals surface area contributed by atoms with Gasteiger partial charge in [-0.3, -0.25) is 9.97 Å². The Hall–Kier alpha value is -3.05. The molecule has 0 saturated heterocycles. The number of aromatic nitrogens is 2. The fourth-order valence-corrected chi connectivity index (χ4v) is 6.16. The summed E-state index contributed by atoms with van der Waals surface area (Å²) >= 11 is 0. The van der Waals surface area contributed by atoms with Gasteiger partial charge in [0.1, 0.15) is 0 Å². The fourth-order valence-electron chi connectivity index (χ4n) is 4.03. The predicted molar refractivity (Wildman–Crippen MR) is 181 cm³/mol. The maximum Gasteiger partial charge on any atom is 0.0685 e. The zero-order valence-corrected chi connectivity index (χ0v) is 28.0. The van der Waals surface area contributed by atoms with Crippen molar-refractivity contribution in [1.29, 1.82) is 0 Å². The molecule has 0 N–H and O–H groups in total. The first kappa shape index (κ1) is 35.1. The van der Waals surface area contributed by atoms with E-state index in [0.717, 1.165) is 35.4 Å². The van der Waals surface area contributed by atoms with Gasteiger partial charge in [-0.05, 0) is 55.0 Å². The summed E-state index contributed by atoms with van der Waals surface area (Å²) in [5, 5.41) is 0. The van der Waals surface area contributed by atoms with Crippen LogP contribution in [0.15, 0.2) is 122 Å². The summed E-state index contributed by atoms with van der Waals surface area (Å²) in [6.45, 7) is 15.9. The van der Waals surface area contributed by atoms with Gasteiger partial charge in [0, 0.05) is 33.5 Å². The van der Waals surface area contributed by atoms with Crippen molar-refractivity contribution in [3.05, 3.63) is 153 Å². The Morgan fingerprint density at radius 3 is 1.38 bits per heavy atom. The average Bonchev–Trinajstić information content (AvgIpc) is 3.06. The Bertz CT molecular complexity index is 1350. The molecule has 42 heavy (non-hydrogen) atoms. The molecule has 0 saturated carbocycles. The van der Waals surface area contributed by atoms with Gasteiger partial charge in [0.25, 0.3) is 0 Å². The molecule has 0 bridgehead atoms. The average molecular weight is 753 g/mol. The van der Waals surface area contributed by atoms with E-state index in [2.05, 4.69) is 132 Å². The van der Waals surface area contributed by atoms with E-state index in [1.807, 2.05) is 24.5 Å². The number of rotatable bonds is 8. The zero-order valence-electron chi connectivity index (χ0n) is 24.9. The normalized spacial score (nSPS) is 10.0. The molecule has 0 spiro atoms. The van der Waals surface area contributed by atoms with E-state index in [0.29, 0.717) is 0 Å². The van der Waals surface area contributed by atoms with E-state index in [4.69, 9.17) is 9.97 Å². The molecule has 0 amide bonds. The smallest absolute Gasteiger partial charge is 0.0685 e. The van der Waals surface area contributed by atoms with Crippen LogP contribution in [0.2, 0.25) is 0 Å². The van der Waals surface area contributed by atoms with Crippen LogP contribution in [0, 0.1) is 20.8 Å². The van der Waals surface area contributed by atoms with Crippen LogP contribution < -0.4 is 10.9 Å². The van der Waals surface area contributed by atoms with E-state index in [1.165, 1.54) is 40.7 Å². The number of nitrogens with zero attached hydrogens (tertiary/aromatic N) is 2. The first-order chi connectivity index (χ1) is 20.1. The first-order valence-corrected chi connectivity index (χ1v) is 15.9. The van der Waals surface area contributed by atoms with Gasteiger partial charge in [-0.1, -0.05) is 105 Å². The molecular formula is C38H42N2PPt-3. The van der Waals surface area contributed by atoms with Crippen molar-refractivity contribution in [2.45, 2.75) is 45.7 Å². The van der Waals surface area contributed by atoms with Gasteiger partial charge < -0.3 is 13.8 Å². The van der Waals surface area contributed by atoms with Gasteiger partial charge in [-0.15, -0.1) is 11.6 Å². The quantitative estimate of drug-likeness (QED) is 0.117. The van der Waals surface area contributed by atoms with E-state index in [1.54, 1.807) is 0 Å². The van der Waals surface area contributed by atoms with E-state index < -0.39 is 7.92 Å². The number of hydrogen-bond donors (Lipinski definition) is 0. The number of unbranched alkanes of at least 4 members (excludes halogenated alkanes) is 2. The van der Waals surface area contributed by atoms with E-state index in [-0.39, 0.29) is 21.1 Å². The summed E-state index contributed by atoms with van der Waals surface area (Å²) in [6.07, 6.45) is 9.14. The fraction of sp³-hybridized carbons (Fsp3) is 0.184. The molecule has 2 nitrogen and oxygen atoms in total. The maximum absolute atomic E-state index is 4.70. The predicted octanol–water partition coefficient (Wildman–Crippen LogP) is 9.86. The van der Waals surface area contributed by atoms with Crippen LogP contribution in [0.4, 0.5) is 0 Å². The summed E-state index contributed by atoms with van der Waals surface area (Å²) in [5.74, 6) is 0. The molecule has 5 aromatic rings. The van der Waals surface area contributed by atoms with Crippen LogP contribution in [0.3, 0.4) is 0 Å². The largest absolute Gasteiger partial charge is 0.343 e. The molecule has 4 heteroatoms. The molecule has 0 fully saturated rings. The van der Waals surface area contributed by atoms with Crippen molar-refractivity contribution in [3.63, 3.8) is 0 Å². The molecule has 0 aliphatic heterocycles. The monoisotopic (exact) mass is 752 g/mol. The van der Waals surface area contributed by atoms with Crippen LogP contribution >= 0.6 is 7.92 Å². The summed E-state index contributed by atoms with van der Waals surface area (Å²) in [5.41, 5.74) is 9.28. The summed E-state index contributed by atoms with van der Waals surface area (Å²) in [6, 6.07) is 38.0. The van der Waals surface area contributed by atoms with Crippen molar-refractivity contribution < 1.29 is 21.1 Å². The molecule has 0 aliphatic rings. The molecule has 0 atom stereocenters. The Balaban J connectivity index is 0.000000612. The molecule has 222 valence electrons. The van der Waals surface area contributed by atoms with Crippen LogP contribution in [-0.2, 0) is 27.2 Å². The Kier molecular flexibility index (Phi) is 16.7. The third kappa shape index (κ3) is 10.7. The van der Waals surface area contributed by atoms with Crippen LogP contribution in [-0.4, -0.2) is 9.97 Å². The molecule has 2 aromatic heterocycles. The second-order valence-corrected chi connectivity index (χ2v) is 11.7. The van der Waals surface area contributed by atoms with Gasteiger partial charge in [0.15, 0.2) is 0 Å². The van der Waals surface area contributed by atoms with Crippen molar-refractivity contribution in [2.75, 3.05) is 0 Å². The molecule has 2 heterocycles. The Morgan fingerprint density at radius 2 is 1.00 bits per heavy atom. The minimum Gasteiger partial charge on any atom is -0.343 e.